The first-order valence-corrected chi connectivity index (χ1v) is 11.7. The van der Waals surface area contributed by atoms with Crippen molar-refractivity contribution in [1.29, 1.82) is 5.41 Å². The van der Waals surface area contributed by atoms with Crippen molar-refractivity contribution in [2.45, 2.75) is 70.3 Å². The second-order valence-corrected chi connectivity index (χ2v) is 9.93. The van der Waals surface area contributed by atoms with Gasteiger partial charge in [-0.25, -0.2) is 4.79 Å². The molecule has 2 fully saturated rings. The summed E-state index contributed by atoms with van der Waals surface area (Å²) < 4.78 is 37.7. The van der Waals surface area contributed by atoms with Gasteiger partial charge in [0.2, 0.25) is 11.8 Å². The molecule has 4 N–H and O–H groups in total. The number of nitrogens with zero attached hydrogens (tertiary/aromatic N) is 1. The standard InChI is InChI=1S/C22H30N4O3.C2HF3O2/c1-4-14-10-17(15-7-5-6-8-18(15)29-14)24-20(28)16-9-13(16)12-26-19(27)11-22(2,3)25-21(26)23;3-2(4,5)1(6)7/h5-8,13-14,16-17H,4,9-12H2,1-3H3,(H2,23,25)(H,24,28);(H,6,7)/t13-,14?,16+,17?;/m0./s1. The summed E-state index contributed by atoms with van der Waals surface area (Å²) >= 11 is 0. The minimum absolute atomic E-state index is 0.0378. The van der Waals surface area contributed by atoms with E-state index in [4.69, 9.17) is 20.0 Å². The number of alkyl halides is 3. The zero-order chi connectivity index (χ0) is 26.8. The molecule has 1 aliphatic carbocycles. The molecule has 198 valence electrons. The Balaban J connectivity index is 0.000000454. The number of amides is 2. The molecule has 1 aromatic carbocycles. The van der Waals surface area contributed by atoms with Gasteiger partial charge in [-0.1, -0.05) is 25.1 Å². The van der Waals surface area contributed by atoms with Crippen LogP contribution in [0.4, 0.5) is 13.2 Å². The molecule has 1 saturated heterocycles. The lowest BCUT2D eigenvalue weighted by Crippen LogP contribution is -2.60. The average Bonchev–Trinajstić information content (AvgIpc) is 3.55. The van der Waals surface area contributed by atoms with E-state index in [0.29, 0.717) is 13.0 Å². The van der Waals surface area contributed by atoms with Gasteiger partial charge in [-0.05, 0) is 38.7 Å². The van der Waals surface area contributed by atoms with Crippen LogP contribution in [0.5, 0.6) is 5.75 Å². The van der Waals surface area contributed by atoms with E-state index in [2.05, 4.69) is 17.6 Å². The number of carboxylic acid groups (broad SMARTS) is 1. The fourth-order valence-electron chi connectivity index (χ4n) is 4.39. The van der Waals surface area contributed by atoms with Crippen LogP contribution in [0, 0.1) is 17.2 Å². The van der Waals surface area contributed by atoms with Gasteiger partial charge in [0.1, 0.15) is 11.9 Å². The molecule has 3 aliphatic rings. The molecule has 1 aromatic rings. The van der Waals surface area contributed by atoms with Gasteiger partial charge in [0.25, 0.3) is 0 Å². The minimum Gasteiger partial charge on any atom is -0.490 e. The number of guanidine groups is 1. The van der Waals surface area contributed by atoms with Gasteiger partial charge >= 0.3 is 12.1 Å². The number of fused-ring (bicyclic) bond motifs is 1. The number of benzene rings is 1. The van der Waals surface area contributed by atoms with E-state index in [1.54, 1.807) is 0 Å². The fraction of sp³-hybridized carbons (Fsp3) is 0.583. The second kappa shape index (κ2) is 10.4. The molecule has 2 aliphatic heterocycles. The van der Waals surface area contributed by atoms with E-state index in [1.165, 1.54) is 4.90 Å². The van der Waals surface area contributed by atoms with Crippen LogP contribution in [0.3, 0.4) is 0 Å². The van der Waals surface area contributed by atoms with Crippen molar-refractivity contribution >= 4 is 23.7 Å². The Morgan fingerprint density at radius 1 is 1.28 bits per heavy atom. The highest BCUT2D eigenvalue weighted by Gasteiger charge is 2.47. The van der Waals surface area contributed by atoms with E-state index in [9.17, 15) is 22.8 Å². The van der Waals surface area contributed by atoms with Crippen LogP contribution in [-0.4, -0.2) is 58.1 Å². The highest BCUT2D eigenvalue weighted by atomic mass is 19.4. The van der Waals surface area contributed by atoms with E-state index >= 15 is 0 Å². The SMILES string of the molecule is CCC1CC(NC(=O)[C@@H]2C[C@H]2CN2C(=N)NC(C)(C)CC2=O)c2ccccc2O1.O=C(O)C(F)(F)F. The molecule has 0 aromatic heterocycles. The Morgan fingerprint density at radius 3 is 2.50 bits per heavy atom. The fourth-order valence-corrected chi connectivity index (χ4v) is 4.39. The molecule has 2 heterocycles. The lowest BCUT2D eigenvalue weighted by molar-refractivity contribution is -0.192. The molecule has 0 spiro atoms. The third kappa shape index (κ3) is 6.67. The Bertz CT molecular complexity index is 1010. The predicted molar refractivity (Wildman–Crippen MR) is 123 cm³/mol. The first kappa shape index (κ1) is 27.3. The van der Waals surface area contributed by atoms with E-state index in [0.717, 1.165) is 30.6 Å². The van der Waals surface area contributed by atoms with E-state index < -0.39 is 17.7 Å². The summed E-state index contributed by atoms with van der Waals surface area (Å²) in [5.41, 5.74) is 0.638. The first-order chi connectivity index (χ1) is 16.7. The highest BCUT2D eigenvalue weighted by molar-refractivity contribution is 5.99. The molecule has 1 saturated carbocycles. The number of para-hydroxylation sites is 1. The second-order valence-electron chi connectivity index (χ2n) is 9.93. The number of carboxylic acids is 1. The number of carbonyl (C=O) groups excluding carboxylic acids is 2. The third-order valence-corrected chi connectivity index (χ3v) is 6.40. The maximum atomic E-state index is 12.9. The molecule has 4 atom stereocenters. The number of ether oxygens (including phenoxy) is 1. The van der Waals surface area contributed by atoms with Gasteiger partial charge < -0.3 is 20.5 Å². The number of rotatable bonds is 5. The molecule has 36 heavy (non-hydrogen) atoms. The molecule has 0 radical (unpaired) electrons. The van der Waals surface area contributed by atoms with Gasteiger partial charge in [-0.3, -0.25) is 19.9 Å². The number of hydrogen-bond acceptors (Lipinski definition) is 5. The molecule has 2 amide bonds. The molecular weight excluding hydrogens is 481 g/mol. The Labute approximate surface area is 206 Å². The van der Waals surface area contributed by atoms with Crippen molar-refractivity contribution in [3.63, 3.8) is 0 Å². The first-order valence-electron chi connectivity index (χ1n) is 11.7. The molecule has 4 rings (SSSR count). The van der Waals surface area contributed by atoms with Gasteiger partial charge in [0, 0.05) is 36.4 Å². The summed E-state index contributed by atoms with van der Waals surface area (Å²) in [7, 11) is 0. The lowest BCUT2D eigenvalue weighted by Gasteiger charge is -2.38. The van der Waals surface area contributed by atoms with Crippen molar-refractivity contribution in [2.75, 3.05) is 6.54 Å². The van der Waals surface area contributed by atoms with Gasteiger partial charge in [0.15, 0.2) is 5.96 Å². The normalized spacial score (nSPS) is 26.4. The van der Waals surface area contributed by atoms with E-state index in [1.807, 2.05) is 38.1 Å². The van der Waals surface area contributed by atoms with Gasteiger partial charge in [-0.15, -0.1) is 0 Å². The Hall–Kier alpha value is -3.31. The Kier molecular flexibility index (Phi) is 7.85. The van der Waals surface area contributed by atoms with Crippen molar-refractivity contribution in [1.82, 2.24) is 15.5 Å². The lowest BCUT2D eigenvalue weighted by atomic mass is 9.95. The third-order valence-electron chi connectivity index (χ3n) is 6.40. The maximum absolute atomic E-state index is 12.9. The summed E-state index contributed by atoms with van der Waals surface area (Å²) in [4.78, 5) is 35.7. The Morgan fingerprint density at radius 2 is 1.92 bits per heavy atom. The molecule has 12 heteroatoms. The molecular formula is C24H31F3N4O5. The topological polar surface area (TPSA) is 132 Å². The number of carbonyl (C=O) groups is 3. The number of nitrogens with one attached hydrogen (secondary N) is 3. The van der Waals surface area contributed by atoms with Gasteiger partial charge in [0.05, 0.1) is 6.04 Å². The van der Waals surface area contributed by atoms with Crippen LogP contribution < -0.4 is 15.4 Å². The van der Waals surface area contributed by atoms with E-state index in [-0.39, 0.29) is 41.8 Å². The average molecular weight is 513 g/mol. The summed E-state index contributed by atoms with van der Waals surface area (Å²) in [6.45, 7) is 6.36. The zero-order valence-corrected chi connectivity index (χ0v) is 20.3. The van der Waals surface area contributed by atoms with Gasteiger partial charge in [-0.2, -0.15) is 13.2 Å². The summed E-state index contributed by atoms with van der Waals surface area (Å²) in [5, 5.41) is 21.5. The molecule has 9 nitrogen and oxygen atoms in total. The molecule has 2 unspecified atom stereocenters. The largest absolute Gasteiger partial charge is 0.490 e. The molecule has 0 bridgehead atoms. The predicted octanol–water partition coefficient (Wildman–Crippen LogP) is 3.21. The van der Waals surface area contributed by atoms with Crippen LogP contribution >= 0.6 is 0 Å². The minimum atomic E-state index is -5.08. The summed E-state index contributed by atoms with van der Waals surface area (Å²) in [5.74, 6) is -1.76. The van der Waals surface area contributed by atoms with Crippen molar-refractivity contribution in [2.24, 2.45) is 11.8 Å². The van der Waals surface area contributed by atoms with Crippen LogP contribution in [0.1, 0.15) is 58.1 Å². The van der Waals surface area contributed by atoms with Crippen LogP contribution in [0.2, 0.25) is 0 Å². The maximum Gasteiger partial charge on any atom is 0.490 e. The number of hydrogen-bond donors (Lipinski definition) is 4. The quantitative estimate of drug-likeness (QED) is 0.479. The van der Waals surface area contributed by atoms with Crippen LogP contribution in [-0.2, 0) is 14.4 Å². The number of aliphatic carboxylic acids is 1. The monoisotopic (exact) mass is 512 g/mol. The summed E-state index contributed by atoms with van der Waals surface area (Å²) in [6.07, 6.45) is -2.20. The number of halogens is 3. The summed E-state index contributed by atoms with van der Waals surface area (Å²) in [6, 6.07) is 7.84. The van der Waals surface area contributed by atoms with Crippen LogP contribution in [0.15, 0.2) is 24.3 Å². The smallest absolute Gasteiger partial charge is 0.490 e. The zero-order valence-electron chi connectivity index (χ0n) is 20.3. The van der Waals surface area contributed by atoms with Crippen molar-refractivity contribution in [3.05, 3.63) is 29.8 Å². The highest BCUT2D eigenvalue weighted by Crippen LogP contribution is 2.42. The van der Waals surface area contributed by atoms with Crippen molar-refractivity contribution < 1.29 is 37.4 Å². The van der Waals surface area contributed by atoms with Crippen molar-refractivity contribution in [3.8, 4) is 5.75 Å². The van der Waals surface area contributed by atoms with Crippen LogP contribution in [0.25, 0.3) is 0 Å².